The van der Waals surface area contributed by atoms with E-state index in [4.69, 9.17) is 0 Å². The van der Waals surface area contributed by atoms with Crippen molar-refractivity contribution < 1.29 is 0 Å². The molecule has 0 amide bonds. The fraction of sp³-hybridized carbons (Fsp3) is 0.231. The van der Waals surface area contributed by atoms with Crippen LogP contribution in [0, 0.1) is 13.8 Å². The lowest BCUT2D eigenvalue weighted by Crippen LogP contribution is -2.10. The zero-order valence-electron chi connectivity index (χ0n) is 8.75. The van der Waals surface area contributed by atoms with Crippen LogP contribution in [0.15, 0.2) is 41.7 Å². The number of hydrogen-bond acceptors (Lipinski definition) is 0. The summed E-state index contributed by atoms with van der Waals surface area (Å²) in [6.07, 6.45) is 4.36. The SMILES string of the molecule is Cc1cccc(C[Si]2C=CC=C2)c1C. The number of aryl methyl sites for hydroxylation is 1. The van der Waals surface area contributed by atoms with Gasteiger partial charge in [-0.2, -0.15) is 0 Å². The third-order valence-corrected chi connectivity index (χ3v) is 4.87. The Morgan fingerprint density at radius 2 is 1.79 bits per heavy atom. The molecule has 1 aromatic carbocycles. The smallest absolute Gasteiger partial charge is 0.0917 e. The summed E-state index contributed by atoms with van der Waals surface area (Å²) in [5.41, 5.74) is 9.14. The Labute approximate surface area is 87.6 Å². The van der Waals surface area contributed by atoms with E-state index in [1.807, 2.05) is 0 Å². The Morgan fingerprint density at radius 1 is 1.07 bits per heavy atom. The van der Waals surface area contributed by atoms with Crippen LogP contribution in [-0.2, 0) is 6.04 Å². The second-order valence-electron chi connectivity index (χ2n) is 3.83. The molecule has 1 heteroatoms. The van der Waals surface area contributed by atoms with Crippen molar-refractivity contribution in [2.75, 3.05) is 0 Å². The van der Waals surface area contributed by atoms with E-state index < -0.39 is 0 Å². The predicted molar refractivity (Wildman–Crippen MR) is 63.7 cm³/mol. The van der Waals surface area contributed by atoms with Gasteiger partial charge in [0.1, 0.15) is 8.80 Å². The van der Waals surface area contributed by atoms with Crippen molar-refractivity contribution in [2.24, 2.45) is 0 Å². The molecule has 0 saturated heterocycles. The minimum absolute atomic E-state index is 0.364. The van der Waals surface area contributed by atoms with Crippen molar-refractivity contribution in [1.29, 1.82) is 0 Å². The summed E-state index contributed by atoms with van der Waals surface area (Å²) >= 11 is 0. The van der Waals surface area contributed by atoms with E-state index in [-0.39, 0.29) is 8.80 Å². The lowest BCUT2D eigenvalue weighted by molar-refractivity contribution is 1.23. The molecule has 1 radical (unpaired) electrons. The number of allylic oxidation sites excluding steroid dienone is 2. The average Bonchev–Trinajstić information content (AvgIpc) is 2.66. The summed E-state index contributed by atoms with van der Waals surface area (Å²) in [6, 6.07) is 7.87. The van der Waals surface area contributed by atoms with Gasteiger partial charge in [0, 0.05) is 0 Å². The first kappa shape index (κ1) is 9.47. The zero-order valence-corrected chi connectivity index (χ0v) is 9.75. The molecule has 2 rings (SSSR count). The van der Waals surface area contributed by atoms with Crippen molar-refractivity contribution in [3.63, 3.8) is 0 Å². The lowest BCUT2D eigenvalue weighted by Gasteiger charge is -2.09. The van der Waals surface area contributed by atoms with Crippen molar-refractivity contribution in [3.05, 3.63) is 58.4 Å². The summed E-state index contributed by atoms with van der Waals surface area (Å²) in [4.78, 5) is 0. The van der Waals surface area contributed by atoms with Crippen molar-refractivity contribution in [3.8, 4) is 0 Å². The van der Waals surface area contributed by atoms with Crippen LogP contribution in [0.5, 0.6) is 0 Å². The first-order valence-corrected chi connectivity index (χ1v) is 6.89. The highest BCUT2D eigenvalue weighted by Crippen LogP contribution is 2.15. The Bertz CT molecular complexity index is 376. The van der Waals surface area contributed by atoms with Gasteiger partial charge in [0.25, 0.3) is 0 Å². The van der Waals surface area contributed by atoms with Crippen LogP contribution in [-0.4, -0.2) is 8.80 Å². The van der Waals surface area contributed by atoms with Gasteiger partial charge in [-0.15, -0.1) is 0 Å². The van der Waals surface area contributed by atoms with Crippen LogP contribution < -0.4 is 0 Å². The largest absolute Gasteiger partial charge is 0.108 e. The second kappa shape index (κ2) is 3.97. The molecule has 1 heterocycles. The van der Waals surface area contributed by atoms with E-state index in [2.05, 4.69) is 55.6 Å². The summed E-state index contributed by atoms with van der Waals surface area (Å²) in [5.74, 6) is 0. The van der Waals surface area contributed by atoms with Gasteiger partial charge in [0.05, 0.1) is 0 Å². The third-order valence-electron chi connectivity index (χ3n) is 2.84. The van der Waals surface area contributed by atoms with Gasteiger partial charge in [-0.25, -0.2) is 0 Å². The van der Waals surface area contributed by atoms with Crippen molar-refractivity contribution >= 4 is 8.80 Å². The quantitative estimate of drug-likeness (QED) is 0.642. The molecule has 0 N–H and O–H groups in total. The molecular formula is C13H15Si. The minimum Gasteiger partial charge on any atom is -0.0917 e. The van der Waals surface area contributed by atoms with Crippen LogP contribution in [0.2, 0.25) is 0 Å². The monoisotopic (exact) mass is 199 g/mol. The van der Waals surface area contributed by atoms with E-state index in [1.165, 1.54) is 22.7 Å². The summed E-state index contributed by atoms with van der Waals surface area (Å²) in [5, 5.41) is 0. The Kier molecular flexibility index (Phi) is 2.68. The Hall–Kier alpha value is -1.08. The second-order valence-corrected chi connectivity index (χ2v) is 6.00. The zero-order chi connectivity index (χ0) is 9.97. The lowest BCUT2D eigenvalue weighted by atomic mass is 10.1. The maximum atomic E-state index is 2.37. The standard InChI is InChI=1S/C13H15Si/c1-11-6-5-7-13(12(11)2)10-14-8-3-4-9-14/h3-9H,10H2,1-2H3. The molecule has 1 aliphatic rings. The molecule has 0 fully saturated rings. The fourth-order valence-corrected chi connectivity index (χ4v) is 3.64. The molecule has 0 nitrogen and oxygen atoms in total. The number of rotatable bonds is 2. The Morgan fingerprint density at radius 3 is 2.50 bits per heavy atom. The number of benzene rings is 1. The van der Waals surface area contributed by atoms with Gasteiger partial charge in [0.15, 0.2) is 0 Å². The molecular weight excluding hydrogens is 184 g/mol. The molecule has 1 aromatic rings. The minimum atomic E-state index is -0.364. The Balaban J connectivity index is 2.20. The molecule has 0 aliphatic carbocycles. The molecule has 71 valence electrons. The fourth-order valence-electron chi connectivity index (χ4n) is 1.75. The first-order chi connectivity index (χ1) is 6.77. The molecule has 14 heavy (non-hydrogen) atoms. The van der Waals surface area contributed by atoms with E-state index in [0.29, 0.717) is 0 Å². The van der Waals surface area contributed by atoms with Gasteiger partial charge < -0.3 is 0 Å². The molecule has 0 spiro atoms. The summed E-state index contributed by atoms with van der Waals surface area (Å²) < 4.78 is 0. The van der Waals surface area contributed by atoms with Crippen LogP contribution >= 0.6 is 0 Å². The van der Waals surface area contributed by atoms with Crippen LogP contribution in [0.1, 0.15) is 16.7 Å². The van der Waals surface area contributed by atoms with Gasteiger partial charge in [-0.05, 0) is 36.6 Å². The highest BCUT2D eigenvalue weighted by atomic mass is 28.3. The molecule has 0 saturated carbocycles. The van der Waals surface area contributed by atoms with E-state index >= 15 is 0 Å². The van der Waals surface area contributed by atoms with E-state index in [9.17, 15) is 0 Å². The van der Waals surface area contributed by atoms with Gasteiger partial charge >= 0.3 is 0 Å². The normalized spacial score (nSPS) is 15.3. The topological polar surface area (TPSA) is 0 Å². The predicted octanol–water partition coefficient (Wildman–Crippen LogP) is 3.08. The third kappa shape index (κ3) is 1.88. The number of hydrogen-bond donors (Lipinski definition) is 0. The van der Waals surface area contributed by atoms with Crippen LogP contribution in [0.4, 0.5) is 0 Å². The van der Waals surface area contributed by atoms with Crippen molar-refractivity contribution in [2.45, 2.75) is 19.9 Å². The summed E-state index contributed by atoms with van der Waals surface area (Å²) in [7, 11) is -0.364. The molecule has 0 atom stereocenters. The van der Waals surface area contributed by atoms with Crippen LogP contribution in [0.25, 0.3) is 0 Å². The van der Waals surface area contributed by atoms with Crippen molar-refractivity contribution in [1.82, 2.24) is 0 Å². The average molecular weight is 199 g/mol. The van der Waals surface area contributed by atoms with Gasteiger partial charge in [-0.1, -0.05) is 41.7 Å². The molecule has 0 unspecified atom stereocenters. The molecule has 0 bridgehead atoms. The summed E-state index contributed by atoms with van der Waals surface area (Å²) in [6.45, 7) is 4.42. The van der Waals surface area contributed by atoms with Crippen LogP contribution in [0.3, 0.4) is 0 Å². The van der Waals surface area contributed by atoms with E-state index in [0.717, 1.165) is 0 Å². The molecule has 1 aliphatic heterocycles. The maximum absolute atomic E-state index is 2.37. The maximum Gasteiger partial charge on any atom is 0.108 e. The molecule has 0 aromatic heterocycles. The van der Waals surface area contributed by atoms with Gasteiger partial charge in [0.2, 0.25) is 0 Å². The highest BCUT2D eigenvalue weighted by molar-refractivity contribution is 6.69. The first-order valence-electron chi connectivity index (χ1n) is 5.03. The van der Waals surface area contributed by atoms with E-state index in [1.54, 1.807) is 0 Å². The highest BCUT2D eigenvalue weighted by Gasteiger charge is 2.09. The van der Waals surface area contributed by atoms with Gasteiger partial charge in [-0.3, -0.25) is 0 Å².